The Bertz CT molecular complexity index is 707. The molecule has 0 spiro atoms. The summed E-state index contributed by atoms with van der Waals surface area (Å²) in [5, 5.41) is 0. The molecule has 0 unspecified atom stereocenters. The highest BCUT2D eigenvalue weighted by atomic mass is 19.4. The number of aliphatic imine (C=N–C) groups is 1. The van der Waals surface area contributed by atoms with Gasteiger partial charge in [0.15, 0.2) is 0 Å². The second-order valence-electron chi connectivity index (χ2n) is 4.95. The smallest absolute Gasteiger partial charge is 0.416 e. The fourth-order valence-corrected chi connectivity index (χ4v) is 2.07. The summed E-state index contributed by atoms with van der Waals surface area (Å²) in [6.45, 7) is 1.95. The first-order valence-corrected chi connectivity index (χ1v) is 7.36. The molecule has 0 aromatic heterocycles. The van der Waals surface area contributed by atoms with Crippen LogP contribution in [-0.4, -0.2) is 18.3 Å². The van der Waals surface area contributed by atoms with Crippen molar-refractivity contribution in [3.63, 3.8) is 0 Å². The number of esters is 1. The second kappa shape index (κ2) is 7.77. The molecule has 24 heavy (non-hydrogen) atoms. The number of rotatable bonds is 5. The minimum atomic E-state index is -4.39. The van der Waals surface area contributed by atoms with Crippen molar-refractivity contribution < 1.29 is 22.7 Å². The lowest BCUT2D eigenvalue weighted by Gasteiger charge is -2.09. The van der Waals surface area contributed by atoms with Gasteiger partial charge in [-0.1, -0.05) is 30.3 Å². The number of alkyl halides is 3. The Morgan fingerprint density at radius 2 is 1.67 bits per heavy atom. The lowest BCUT2D eigenvalue weighted by atomic mass is 10.1. The van der Waals surface area contributed by atoms with E-state index in [4.69, 9.17) is 4.74 Å². The van der Waals surface area contributed by atoms with Crippen LogP contribution in [0.15, 0.2) is 59.6 Å². The first kappa shape index (κ1) is 17.7. The molecule has 0 N–H and O–H groups in total. The maximum Gasteiger partial charge on any atom is 0.416 e. The van der Waals surface area contributed by atoms with Crippen LogP contribution in [0, 0.1) is 0 Å². The number of hydrogen-bond acceptors (Lipinski definition) is 3. The third kappa shape index (κ3) is 4.94. The fraction of sp³-hybridized carbons (Fsp3) is 0.222. The number of carbonyl (C=O) groups is 1. The van der Waals surface area contributed by atoms with Crippen LogP contribution < -0.4 is 0 Å². The maximum absolute atomic E-state index is 12.6. The van der Waals surface area contributed by atoms with Crippen LogP contribution >= 0.6 is 0 Å². The summed E-state index contributed by atoms with van der Waals surface area (Å²) in [6.07, 6.45) is -4.45. The van der Waals surface area contributed by atoms with Crippen LogP contribution in [0.3, 0.4) is 0 Å². The highest BCUT2D eigenvalue weighted by Crippen LogP contribution is 2.30. The van der Waals surface area contributed by atoms with E-state index < -0.39 is 17.7 Å². The normalized spacial score (nSPS) is 12.1. The molecule has 0 saturated carbocycles. The predicted molar refractivity (Wildman–Crippen MR) is 85.3 cm³/mol. The molecular formula is C18H16F3NO2. The molecule has 126 valence electrons. The summed E-state index contributed by atoms with van der Waals surface area (Å²) < 4.78 is 42.7. The molecule has 0 heterocycles. The molecule has 2 aromatic rings. The molecule has 0 amide bonds. The Hall–Kier alpha value is -2.63. The molecule has 0 aliphatic heterocycles. The van der Waals surface area contributed by atoms with Crippen LogP contribution in [0.25, 0.3) is 0 Å². The predicted octanol–water partition coefficient (Wildman–Crippen LogP) is 4.78. The maximum atomic E-state index is 12.6. The molecule has 0 saturated heterocycles. The molecule has 3 nitrogen and oxygen atoms in total. The molecule has 0 bridgehead atoms. The average Bonchev–Trinajstić information content (AvgIpc) is 2.55. The summed E-state index contributed by atoms with van der Waals surface area (Å²) in [7, 11) is 0. The van der Waals surface area contributed by atoms with Crippen LogP contribution in [0.4, 0.5) is 18.9 Å². The highest BCUT2D eigenvalue weighted by molar-refractivity contribution is 6.10. The number of hydrogen-bond donors (Lipinski definition) is 0. The Labute approximate surface area is 137 Å². The van der Waals surface area contributed by atoms with Crippen LogP contribution in [0.5, 0.6) is 0 Å². The quantitative estimate of drug-likeness (QED) is 0.583. The van der Waals surface area contributed by atoms with E-state index in [1.807, 2.05) is 6.07 Å². The summed E-state index contributed by atoms with van der Waals surface area (Å²) in [6, 6.07) is 13.4. The molecule has 0 atom stereocenters. The molecule has 2 aromatic carbocycles. The van der Waals surface area contributed by atoms with Gasteiger partial charge in [0, 0.05) is 0 Å². The van der Waals surface area contributed by atoms with E-state index >= 15 is 0 Å². The van der Waals surface area contributed by atoms with Gasteiger partial charge in [-0.15, -0.1) is 0 Å². The van der Waals surface area contributed by atoms with Crippen molar-refractivity contribution in [2.75, 3.05) is 6.61 Å². The van der Waals surface area contributed by atoms with E-state index in [1.165, 1.54) is 12.1 Å². The minimum absolute atomic E-state index is 0.0567. The van der Waals surface area contributed by atoms with Crippen molar-refractivity contribution in [1.82, 2.24) is 0 Å². The van der Waals surface area contributed by atoms with E-state index in [-0.39, 0.29) is 13.0 Å². The Morgan fingerprint density at radius 1 is 1.04 bits per heavy atom. The van der Waals surface area contributed by atoms with Gasteiger partial charge in [0.2, 0.25) is 0 Å². The van der Waals surface area contributed by atoms with Crippen molar-refractivity contribution >= 4 is 17.4 Å². The largest absolute Gasteiger partial charge is 0.466 e. The zero-order chi connectivity index (χ0) is 17.6. The fourth-order valence-electron chi connectivity index (χ4n) is 2.07. The van der Waals surface area contributed by atoms with Gasteiger partial charge in [0.1, 0.15) is 0 Å². The van der Waals surface area contributed by atoms with Crippen molar-refractivity contribution in [1.29, 1.82) is 0 Å². The number of halogens is 3. The molecule has 0 fully saturated rings. The van der Waals surface area contributed by atoms with E-state index in [9.17, 15) is 18.0 Å². The number of carbonyl (C=O) groups excluding carboxylic acids is 1. The lowest BCUT2D eigenvalue weighted by molar-refractivity contribution is -0.141. The van der Waals surface area contributed by atoms with E-state index in [0.717, 1.165) is 12.1 Å². The monoisotopic (exact) mass is 335 g/mol. The van der Waals surface area contributed by atoms with Crippen molar-refractivity contribution in [2.45, 2.75) is 19.5 Å². The van der Waals surface area contributed by atoms with Crippen molar-refractivity contribution in [2.24, 2.45) is 4.99 Å². The SMILES string of the molecule is CCOC(=O)CC(=Nc1ccc(C(F)(F)F)cc1)c1ccccc1. The lowest BCUT2D eigenvalue weighted by Crippen LogP contribution is -2.12. The third-order valence-electron chi connectivity index (χ3n) is 3.18. The van der Waals surface area contributed by atoms with Crippen LogP contribution in [-0.2, 0) is 15.7 Å². The summed E-state index contributed by atoms with van der Waals surface area (Å²) in [5.74, 6) is -0.438. The number of nitrogens with zero attached hydrogens (tertiary/aromatic N) is 1. The van der Waals surface area contributed by atoms with Crippen molar-refractivity contribution in [3.05, 3.63) is 65.7 Å². The Balaban J connectivity index is 2.32. The third-order valence-corrected chi connectivity index (χ3v) is 3.18. The van der Waals surface area contributed by atoms with Gasteiger partial charge >= 0.3 is 12.1 Å². The first-order chi connectivity index (χ1) is 11.4. The van der Waals surface area contributed by atoms with Gasteiger partial charge in [-0.3, -0.25) is 9.79 Å². The standard InChI is InChI=1S/C18H16F3NO2/c1-2-24-17(23)12-16(13-6-4-3-5-7-13)22-15-10-8-14(9-11-15)18(19,20)21/h3-11H,2,12H2,1H3. The summed E-state index contributed by atoms with van der Waals surface area (Å²) >= 11 is 0. The molecule has 0 aliphatic carbocycles. The molecular weight excluding hydrogens is 319 g/mol. The highest BCUT2D eigenvalue weighted by Gasteiger charge is 2.29. The summed E-state index contributed by atoms with van der Waals surface area (Å²) in [4.78, 5) is 16.1. The van der Waals surface area contributed by atoms with Gasteiger partial charge in [0.05, 0.1) is 30.0 Å². The number of ether oxygens (including phenoxy) is 1. The van der Waals surface area contributed by atoms with E-state index in [0.29, 0.717) is 17.0 Å². The van der Waals surface area contributed by atoms with Gasteiger partial charge in [-0.05, 0) is 36.8 Å². The molecule has 2 rings (SSSR count). The van der Waals surface area contributed by atoms with Gasteiger partial charge in [0.25, 0.3) is 0 Å². The Morgan fingerprint density at radius 3 is 2.21 bits per heavy atom. The molecule has 0 aliphatic rings. The van der Waals surface area contributed by atoms with Gasteiger partial charge in [-0.25, -0.2) is 0 Å². The average molecular weight is 335 g/mol. The topological polar surface area (TPSA) is 38.7 Å². The van der Waals surface area contributed by atoms with E-state index in [1.54, 1.807) is 31.2 Å². The molecule has 0 radical (unpaired) electrons. The Kier molecular flexibility index (Phi) is 5.73. The zero-order valence-corrected chi connectivity index (χ0v) is 13.0. The molecule has 6 heteroatoms. The van der Waals surface area contributed by atoms with Crippen LogP contribution in [0.2, 0.25) is 0 Å². The van der Waals surface area contributed by atoms with Gasteiger partial charge in [-0.2, -0.15) is 13.2 Å². The first-order valence-electron chi connectivity index (χ1n) is 7.36. The zero-order valence-electron chi connectivity index (χ0n) is 13.0. The van der Waals surface area contributed by atoms with Gasteiger partial charge < -0.3 is 4.74 Å². The van der Waals surface area contributed by atoms with Crippen molar-refractivity contribution in [3.8, 4) is 0 Å². The summed E-state index contributed by atoms with van der Waals surface area (Å²) in [5.41, 5.74) is 0.749. The minimum Gasteiger partial charge on any atom is -0.466 e. The van der Waals surface area contributed by atoms with E-state index in [2.05, 4.69) is 4.99 Å². The van der Waals surface area contributed by atoms with Crippen LogP contribution in [0.1, 0.15) is 24.5 Å². The number of benzene rings is 2. The second-order valence-corrected chi connectivity index (χ2v) is 4.95.